The van der Waals surface area contributed by atoms with Gasteiger partial charge in [-0.3, -0.25) is 0 Å². The maximum absolute atomic E-state index is 7.00. The first-order valence-electron chi connectivity index (χ1n) is 13.0. The molecule has 0 amide bonds. The van der Waals surface area contributed by atoms with E-state index in [9.17, 15) is 0 Å². The number of allylic oxidation sites excluding steroid dienone is 3. The molecule has 1 atom stereocenters. The SMILES string of the molecule is C=C(CCC)C1=CN(c2ccc(Br)nc2)c2cc(N3CCCC3COc3ncccc3C)c(Cl)cc2C1=C. The zero-order valence-corrected chi connectivity index (χ0v) is 24.2. The summed E-state index contributed by atoms with van der Waals surface area (Å²) in [5.74, 6) is 0.686. The standard InChI is InChI=1S/C31H32BrClN4O/c1-5-8-20(2)26-18-37(23-11-12-30(32)35-17-23)28-16-29(27(33)15-25(28)22(26)4)36-14-7-10-24(36)19-38-31-21(3)9-6-13-34-31/h6,9,11-13,15-18,24H,2,4-5,7-8,10,14,19H2,1,3H3. The highest BCUT2D eigenvalue weighted by atomic mass is 79.9. The van der Waals surface area contributed by atoms with E-state index in [-0.39, 0.29) is 6.04 Å². The third-order valence-corrected chi connectivity index (χ3v) is 7.99. The lowest BCUT2D eigenvalue weighted by Gasteiger charge is -2.34. The Morgan fingerprint density at radius 1 is 1.21 bits per heavy atom. The predicted molar refractivity (Wildman–Crippen MR) is 162 cm³/mol. The number of halogens is 2. The van der Waals surface area contributed by atoms with E-state index < -0.39 is 0 Å². The van der Waals surface area contributed by atoms with Crippen LogP contribution in [-0.2, 0) is 0 Å². The number of pyridine rings is 2. The third kappa shape index (κ3) is 5.25. The smallest absolute Gasteiger partial charge is 0.216 e. The van der Waals surface area contributed by atoms with Crippen molar-refractivity contribution in [2.45, 2.75) is 45.6 Å². The van der Waals surface area contributed by atoms with Crippen molar-refractivity contribution in [1.82, 2.24) is 9.97 Å². The fourth-order valence-electron chi connectivity index (χ4n) is 5.22. The Bertz CT molecular complexity index is 1400. The van der Waals surface area contributed by atoms with E-state index in [0.717, 1.165) is 81.7 Å². The number of aromatic nitrogens is 2. The lowest BCUT2D eigenvalue weighted by atomic mass is 9.88. The molecule has 0 spiro atoms. The maximum atomic E-state index is 7.00. The fourth-order valence-corrected chi connectivity index (χ4v) is 5.73. The molecule has 2 aromatic heterocycles. The number of aryl methyl sites for hydroxylation is 1. The molecule has 38 heavy (non-hydrogen) atoms. The highest BCUT2D eigenvalue weighted by molar-refractivity contribution is 9.10. The summed E-state index contributed by atoms with van der Waals surface area (Å²) in [7, 11) is 0. The molecule has 196 valence electrons. The third-order valence-electron chi connectivity index (χ3n) is 7.22. The van der Waals surface area contributed by atoms with Crippen molar-refractivity contribution in [2.75, 3.05) is 23.0 Å². The summed E-state index contributed by atoms with van der Waals surface area (Å²) in [5, 5.41) is 0.710. The fraction of sp³-hybridized carbons (Fsp3) is 0.290. The van der Waals surface area contributed by atoms with Gasteiger partial charge in [-0.15, -0.1) is 0 Å². The number of rotatable bonds is 8. The minimum atomic E-state index is 0.206. The van der Waals surface area contributed by atoms with Gasteiger partial charge in [0.1, 0.15) is 11.2 Å². The number of hydrogen-bond donors (Lipinski definition) is 0. The van der Waals surface area contributed by atoms with Gasteiger partial charge < -0.3 is 14.5 Å². The summed E-state index contributed by atoms with van der Waals surface area (Å²) in [6.45, 7) is 14.5. The second-order valence-corrected chi connectivity index (χ2v) is 11.1. The molecule has 1 aromatic carbocycles. The van der Waals surface area contributed by atoms with Gasteiger partial charge in [-0.05, 0) is 83.6 Å². The molecule has 7 heteroatoms. The molecule has 0 radical (unpaired) electrons. The largest absolute Gasteiger partial charge is 0.475 e. The van der Waals surface area contributed by atoms with Crippen LogP contribution in [0.25, 0.3) is 5.57 Å². The van der Waals surface area contributed by atoms with E-state index in [1.165, 1.54) is 0 Å². The van der Waals surface area contributed by atoms with E-state index in [4.69, 9.17) is 16.3 Å². The van der Waals surface area contributed by atoms with Crippen LogP contribution in [0.15, 0.2) is 83.9 Å². The van der Waals surface area contributed by atoms with Gasteiger partial charge in [-0.1, -0.05) is 44.2 Å². The molecule has 0 aliphatic carbocycles. The quantitative estimate of drug-likeness (QED) is 0.245. The van der Waals surface area contributed by atoms with E-state index in [2.05, 4.69) is 80.2 Å². The van der Waals surface area contributed by atoms with Crippen molar-refractivity contribution in [2.24, 2.45) is 0 Å². The van der Waals surface area contributed by atoms with E-state index in [0.29, 0.717) is 17.5 Å². The summed E-state index contributed by atoms with van der Waals surface area (Å²) in [5.41, 5.74) is 8.09. The molecule has 0 bridgehead atoms. The molecule has 0 N–H and O–H groups in total. The van der Waals surface area contributed by atoms with Gasteiger partial charge in [0.25, 0.3) is 0 Å². The van der Waals surface area contributed by atoms with Gasteiger partial charge in [0.2, 0.25) is 5.88 Å². The van der Waals surface area contributed by atoms with Crippen LogP contribution in [0.5, 0.6) is 5.88 Å². The molecule has 3 aromatic rings. The molecule has 0 saturated carbocycles. The summed E-state index contributed by atoms with van der Waals surface area (Å²) >= 11 is 10.5. The maximum Gasteiger partial charge on any atom is 0.216 e. The molecular formula is C31H32BrClN4O. The van der Waals surface area contributed by atoms with Crippen LogP contribution in [-0.4, -0.2) is 29.2 Å². The Balaban J connectivity index is 1.52. The van der Waals surface area contributed by atoms with Crippen LogP contribution in [0.1, 0.15) is 43.7 Å². The minimum Gasteiger partial charge on any atom is -0.475 e. The van der Waals surface area contributed by atoms with Gasteiger partial charge in [0, 0.05) is 35.6 Å². The molecule has 2 aliphatic rings. The first-order chi connectivity index (χ1) is 18.4. The number of fused-ring (bicyclic) bond motifs is 1. The molecular weight excluding hydrogens is 560 g/mol. The minimum absolute atomic E-state index is 0.206. The van der Waals surface area contributed by atoms with Crippen LogP contribution in [0.3, 0.4) is 0 Å². The van der Waals surface area contributed by atoms with Gasteiger partial charge in [0.05, 0.1) is 34.3 Å². The second-order valence-electron chi connectivity index (χ2n) is 9.83. The Kier molecular flexibility index (Phi) is 7.91. The summed E-state index contributed by atoms with van der Waals surface area (Å²) in [6, 6.07) is 12.4. The van der Waals surface area contributed by atoms with E-state index >= 15 is 0 Å². The van der Waals surface area contributed by atoms with E-state index in [1.54, 1.807) is 6.20 Å². The van der Waals surface area contributed by atoms with Crippen molar-refractivity contribution < 1.29 is 4.74 Å². The van der Waals surface area contributed by atoms with Crippen LogP contribution in [0.2, 0.25) is 5.02 Å². The van der Waals surface area contributed by atoms with Crippen LogP contribution in [0, 0.1) is 6.92 Å². The Labute approximate surface area is 238 Å². The first kappa shape index (κ1) is 26.5. The molecule has 1 unspecified atom stereocenters. The normalized spacial score (nSPS) is 16.9. The topological polar surface area (TPSA) is 41.5 Å². The Morgan fingerprint density at radius 3 is 2.79 bits per heavy atom. The van der Waals surface area contributed by atoms with Crippen molar-refractivity contribution in [1.29, 1.82) is 0 Å². The lowest BCUT2D eigenvalue weighted by molar-refractivity contribution is 0.276. The summed E-state index contributed by atoms with van der Waals surface area (Å²) in [6.07, 6.45) is 9.82. The van der Waals surface area contributed by atoms with Crippen molar-refractivity contribution in [3.8, 4) is 5.88 Å². The number of nitrogens with zero attached hydrogens (tertiary/aromatic N) is 4. The highest BCUT2D eigenvalue weighted by Gasteiger charge is 2.31. The first-order valence-corrected chi connectivity index (χ1v) is 14.2. The molecule has 1 saturated heterocycles. The Hall–Kier alpha value is -3.09. The predicted octanol–water partition coefficient (Wildman–Crippen LogP) is 8.65. The average molecular weight is 592 g/mol. The molecule has 5 nitrogen and oxygen atoms in total. The monoisotopic (exact) mass is 590 g/mol. The number of benzene rings is 1. The van der Waals surface area contributed by atoms with Gasteiger partial charge in [-0.25, -0.2) is 9.97 Å². The summed E-state index contributed by atoms with van der Waals surface area (Å²) < 4.78 is 6.95. The second kappa shape index (κ2) is 11.3. The lowest BCUT2D eigenvalue weighted by Crippen LogP contribution is -2.34. The van der Waals surface area contributed by atoms with E-state index in [1.807, 2.05) is 31.3 Å². The number of ether oxygens (including phenoxy) is 1. The average Bonchev–Trinajstić information content (AvgIpc) is 3.37. The van der Waals surface area contributed by atoms with Gasteiger partial charge in [0.15, 0.2) is 0 Å². The summed E-state index contributed by atoms with van der Waals surface area (Å²) in [4.78, 5) is 13.4. The number of hydrogen-bond acceptors (Lipinski definition) is 5. The van der Waals surface area contributed by atoms with Crippen molar-refractivity contribution in [3.05, 3.63) is 100 Å². The molecule has 1 fully saturated rings. The van der Waals surface area contributed by atoms with Crippen LogP contribution in [0.4, 0.5) is 17.1 Å². The Morgan fingerprint density at radius 2 is 2.05 bits per heavy atom. The van der Waals surface area contributed by atoms with Gasteiger partial charge in [-0.2, -0.15) is 0 Å². The zero-order chi connectivity index (χ0) is 26.8. The molecule has 4 heterocycles. The zero-order valence-electron chi connectivity index (χ0n) is 21.9. The molecule has 2 aliphatic heterocycles. The van der Waals surface area contributed by atoms with Crippen molar-refractivity contribution in [3.63, 3.8) is 0 Å². The van der Waals surface area contributed by atoms with Crippen LogP contribution >= 0.6 is 27.5 Å². The van der Waals surface area contributed by atoms with Crippen molar-refractivity contribution >= 4 is 50.2 Å². The highest BCUT2D eigenvalue weighted by Crippen LogP contribution is 2.47. The number of anilines is 3. The van der Waals surface area contributed by atoms with Crippen LogP contribution < -0.4 is 14.5 Å². The van der Waals surface area contributed by atoms with Gasteiger partial charge >= 0.3 is 0 Å². The molecule has 5 rings (SSSR count).